The van der Waals surface area contributed by atoms with Crippen molar-refractivity contribution < 1.29 is 13.5 Å². The largest absolute Gasteiger partial charge is 0.433 e. The average molecular weight is 252 g/mol. The predicted octanol–water partition coefficient (Wildman–Crippen LogP) is 3.06. The molecule has 1 aromatic rings. The second kappa shape index (κ2) is 4.00. The van der Waals surface area contributed by atoms with Crippen LogP contribution >= 0.6 is 15.9 Å². The molecule has 0 atom stereocenters. The summed E-state index contributed by atoms with van der Waals surface area (Å²) < 4.78 is 28.8. The highest BCUT2D eigenvalue weighted by Crippen LogP contribution is 2.25. The monoisotopic (exact) mass is 251 g/mol. The van der Waals surface area contributed by atoms with E-state index in [2.05, 4.69) is 25.7 Å². The molecule has 0 radical (unpaired) electrons. The van der Waals surface area contributed by atoms with Gasteiger partial charge in [0.05, 0.1) is 5.69 Å². The zero-order chi connectivity index (χ0) is 10.0. The van der Waals surface area contributed by atoms with E-state index in [4.69, 9.17) is 0 Å². The fourth-order valence-electron chi connectivity index (χ4n) is 1.04. The Kier molecular flexibility index (Phi) is 3.19. The highest BCUT2D eigenvalue weighted by atomic mass is 79.9. The van der Waals surface area contributed by atoms with Gasteiger partial charge < -0.3 is 4.74 Å². The van der Waals surface area contributed by atoms with Gasteiger partial charge in [0.1, 0.15) is 10.4 Å². The van der Waals surface area contributed by atoms with Crippen LogP contribution in [0.1, 0.15) is 11.3 Å². The molecule has 0 aromatic carbocycles. The number of rotatable bonds is 2. The van der Waals surface area contributed by atoms with Crippen LogP contribution in [0.15, 0.2) is 10.7 Å². The van der Waals surface area contributed by atoms with Gasteiger partial charge in [-0.2, -0.15) is 8.78 Å². The van der Waals surface area contributed by atoms with Crippen molar-refractivity contribution in [3.8, 4) is 5.75 Å². The first kappa shape index (κ1) is 10.4. The molecule has 72 valence electrons. The standard InChI is InChI=1S/C8H8BrF2NO/c1-4-3-6(9)12-5(2)7(4)13-8(10)11/h3,8H,1-2H3. The lowest BCUT2D eigenvalue weighted by Crippen LogP contribution is -2.05. The minimum absolute atomic E-state index is 0.151. The smallest absolute Gasteiger partial charge is 0.387 e. The first-order chi connectivity index (χ1) is 6.00. The van der Waals surface area contributed by atoms with E-state index < -0.39 is 6.61 Å². The van der Waals surface area contributed by atoms with Crippen LogP contribution in [0.4, 0.5) is 8.78 Å². The molecule has 1 rings (SSSR count). The topological polar surface area (TPSA) is 22.1 Å². The molecule has 0 saturated carbocycles. The number of ether oxygens (including phenoxy) is 1. The number of aromatic nitrogens is 1. The SMILES string of the molecule is Cc1cc(Br)nc(C)c1OC(F)F. The van der Waals surface area contributed by atoms with E-state index >= 15 is 0 Å². The van der Waals surface area contributed by atoms with Crippen LogP contribution in [0, 0.1) is 13.8 Å². The zero-order valence-electron chi connectivity index (χ0n) is 7.14. The summed E-state index contributed by atoms with van der Waals surface area (Å²) in [6.45, 7) is 0.507. The van der Waals surface area contributed by atoms with Gasteiger partial charge in [-0.15, -0.1) is 0 Å². The van der Waals surface area contributed by atoms with Gasteiger partial charge in [-0.1, -0.05) is 0 Å². The van der Waals surface area contributed by atoms with Gasteiger partial charge in [-0.05, 0) is 41.4 Å². The molecular formula is C8H8BrF2NO. The Morgan fingerprint density at radius 1 is 1.46 bits per heavy atom. The van der Waals surface area contributed by atoms with Crippen LogP contribution in [0.2, 0.25) is 0 Å². The second-order valence-electron chi connectivity index (χ2n) is 2.55. The molecule has 0 fully saturated rings. The molecule has 0 spiro atoms. The molecule has 5 heteroatoms. The number of hydrogen-bond donors (Lipinski definition) is 0. The first-order valence-corrected chi connectivity index (χ1v) is 4.38. The fraction of sp³-hybridized carbons (Fsp3) is 0.375. The summed E-state index contributed by atoms with van der Waals surface area (Å²) in [7, 11) is 0. The molecule has 0 aliphatic rings. The molecule has 0 unspecified atom stereocenters. The third-order valence-corrected chi connectivity index (χ3v) is 1.91. The van der Waals surface area contributed by atoms with Gasteiger partial charge in [0.15, 0.2) is 0 Å². The van der Waals surface area contributed by atoms with Gasteiger partial charge in [-0.3, -0.25) is 0 Å². The lowest BCUT2D eigenvalue weighted by atomic mass is 10.2. The minimum Gasteiger partial charge on any atom is -0.433 e. The first-order valence-electron chi connectivity index (χ1n) is 3.59. The van der Waals surface area contributed by atoms with Crippen LogP contribution in [0.3, 0.4) is 0 Å². The second-order valence-corrected chi connectivity index (χ2v) is 3.37. The normalized spacial score (nSPS) is 10.6. The molecule has 2 nitrogen and oxygen atoms in total. The van der Waals surface area contributed by atoms with Crippen molar-refractivity contribution >= 4 is 15.9 Å². The molecule has 0 amide bonds. The summed E-state index contributed by atoms with van der Waals surface area (Å²) in [4.78, 5) is 3.95. The molecule has 1 aromatic heterocycles. The Morgan fingerprint density at radius 3 is 2.54 bits per heavy atom. The van der Waals surface area contributed by atoms with E-state index in [9.17, 15) is 8.78 Å². The molecule has 0 aliphatic carbocycles. The number of alkyl halides is 2. The number of halogens is 3. The predicted molar refractivity (Wildman–Crippen MR) is 48.0 cm³/mol. The van der Waals surface area contributed by atoms with Crippen LogP contribution < -0.4 is 4.74 Å². The minimum atomic E-state index is -2.81. The van der Waals surface area contributed by atoms with E-state index in [0.717, 1.165) is 0 Å². The van der Waals surface area contributed by atoms with E-state index in [-0.39, 0.29) is 5.75 Å². The van der Waals surface area contributed by atoms with E-state index in [0.29, 0.717) is 15.9 Å². The maximum atomic E-state index is 11.9. The summed E-state index contributed by atoms with van der Waals surface area (Å²) in [6.07, 6.45) is 0. The van der Waals surface area contributed by atoms with Crippen molar-refractivity contribution in [2.75, 3.05) is 0 Å². The van der Waals surface area contributed by atoms with Gasteiger partial charge in [-0.25, -0.2) is 4.98 Å². The van der Waals surface area contributed by atoms with E-state index in [1.165, 1.54) is 0 Å². The fourth-order valence-corrected chi connectivity index (χ4v) is 1.65. The Morgan fingerprint density at radius 2 is 2.08 bits per heavy atom. The average Bonchev–Trinajstić information content (AvgIpc) is 1.96. The van der Waals surface area contributed by atoms with Gasteiger partial charge in [0, 0.05) is 0 Å². The van der Waals surface area contributed by atoms with Crippen LogP contribution in [-0.2, 0) is 0 Å². The molecular weight excluding hydrogens is 244 g/mol. The van der Waals surface area contributed by atoms with E-state index in [1.54, 1.807) is 19.9 Å². The van der Waals surface area contributed by atoms with Crippen molar-refractivity contribution in [3.63, 3.8) is 0 Å². The number of pyridine rings is 1. The van der Waals surface area contributed by atoms with Crippen LogP contribution in [0.5, 0.6) is 5.75 Å². The summed E-state index contributed by atoms with van der Waals surface area (Å²) in [6, 6.07) is 1.63. The third kappa shape index (κ3) is 2.62. The molecule has 13 heavy (non-hydrogen) atoms. The summed E-state index contributed by atoms with van der Waals surface area (Å²) in [5.74, 6) is 0.151. The maximum Gasteiger partial charge on any atom is 0.387 e. The van der Waals surface area contributed by atoms with Gasteiger partial charge in [0.25, 0.3) is 0 Å². The van der Waals surface area contributed by atoms with Crippen LogP contribution in [-0.4, -0.2) is 11.6 Å². The third-order valence-electron chi connectivity index (χ3n) is 1.50. The molecule has 1 heterocycles. The lowest BCUT2D eigenvalue weighted by molar-refractivity contribution is -0.0510. The highest BCUT2D eigenvalue weighted by molar-refractivity contribution is 9.10. The molecule has 0 bridgehead atoms. The van der Waals surface area contributed by atoms with Crippen molar-refractivity contribution in [1.29, 1.82) is 0 Å². The van der Waals surface area contributed by atoms with Crippen molar-refractivity contribution in [2.45, 2.75) is 20.5 Å². The summed E-state index contributed by atoms with van der Waals surface area (Å²) in [5, 5.41) is 0. The zero-order valence-corrected chi connectivity index (χ0v) is 8.73. The molecule has 0 N–H and O–H groups in total. The number of aryl methyl sites for hydroxylation is 2. The highest BCUT2D eigenvalue weighted by Gasteiger charge is 2.11. The number of hydrogen-bond acceptors (Lipinski definition) is 2. The summed E-state index contributed by atoms with van der Waals surface area (Å²) in [5.41, 5.74) is 1.09. The Labute approximate surface area is 83.1 Å². The Bertz CT molecular complexity index is 294. The quantitative estimate of drug-likeness (QED) is 0.754. The maximum absolute atomic E-state index is 11.9. The van der Waals surface area contributed by atoms with Gasteiger partial charge in [0.2, 0.25) is 0 Å². The van der Waals surface area contributed by atoms with E-state index in [1.807, 2.05) is 0 Å². The number of nitrogens with zero attached hydrogens (tertiary/aromatic N) is 1. The molecule has 0 aliphatic heterocycles. The Balaban J connectivity index is 3.06. The van der Waals surface area contributed by atoms with Crippen LogP contribution in [0.25, 0.3) is 0 Å². The van der Waals surface area contributed by atoms with Crippen molar-refractivity contribution in [1.82, 2.24) is 4.98 Å². The van der Waals surface area contributed by atoms with Crippen molar-refractivity contribution in [3.05, 3.63) is 21.9 Å². The lowest BCUT2D eigenvalue weighted by Gasteiger charge is -2.10. The molecule has 0 saturated heterocycles. The summed E-state index contributed by atoms with van der Waals surface area (Å²) >= 11 is 3.16. The van der Waals surface area contributed by atoms with Gasteiger partial charge >= 0.3 is 6.61 Å². The van der Waals surface area contributed by atoms with Crippen molar-refractivity contribution in [2.24, 2.45) is 0 Å². The Hall–Kier alpha value is -0.710.